The Morgan fingerprint density at radius 1 is 1.50 bits per heavy atom. The number of carbonyl (C=O) groups excluding carboxylic acids is 1. The van der Waals surface area contributed by atoms with Crippen molar-refractivity contribution in [2.45, 2.75) is 17.7 Å². The Balaban J connectivity index is 2.65. The normalized spacial score (nSPS) is 12.2. The van der Waals surface area contributed by atoms with Gasteiger partial charge in [0.2, 0.25) is 0 Å². The third-order valence-electron chi connectivity index (χ3n) is 2.06. The Morgan fingerprint density at radius 3 is 2.81 bits per heavy atom. The highest BCUT2D eigenvalue weighted by Gasteiger charge is 2.14. The lowest BCUT2D eigenvalue weighted by Crippen LogP contribution is -2.12. The number of hydrogen-bond donors (Lipinski definition) is 0. The maximum absolute atomic E-state index is 13.2. The summed E-state index contributed by atoms with van der Waals surface area (Å²) in [7, 11) is 1.28. The van der Waals surface area contributed by atoms with E-state index >= 15 is 0 Å². The summed E-state index contributed by atoms with van der Waals surface area (Å²) in [5.41, 5.74) is 0.241. The zero-order chi connectivity index (χ0) is 12.1. The Kier molecular flexibility index (Phi) is 4.86. The molecular weight excluding hydrogens is 282 g/mol. The molecule has 0 saturated carbocycles. The van der Waals surface area contributed by atoms with Crippen LogP contribution >= 0.6 is 15.9 Å². The number of alkyl halides is 1. The maximum atomic E-state index is 13.2. The summed E-state index contributed by atoms with van der Waals surface area (Å²) in [6, 6.07) is 3.26. The fourth-order valence-corrected chi connectivity index (χ4v) is 1.89. The number of esters is 1. The van der Waals surface area contributed by atoms with Crippen LogP contribution in [-0.4, -0.2) is 17.9 Å². The highest BCUT2D eigenvalue weighted by atomic mass is 79.9. The number of benzene rings is 1. The first-order valence-electron chi connectivity index (χ1n) is 4.67. The van der Waals surface area contributed by atoms with Crippen molar-refractivity contribution in [3.05, 3.63) is 35.4 Å². The van der Waals surface area contributed by atoms with Crippen LogP contribution in [0.25, 0.3) is 0 Å². The number of hydrogen-bond acceptors (Lipinski definition) is 2. The molecule has 5 heteroatoms. The first kappa shape index (κ1) is 13.1. The second-order valence-electron chi connectivity index (χ2n) is 3.32. The van der Waals surface area contributed by atoms with Crippen molar-refractivity contribution in [2.24, 2.45) is 0 Å². The highest BCUT2D eigenvalue weighted by molar-refractivity contribution is 9.09. The van der Waals surface area contributed by atoms with Crippen LogP contribution < -0.4 is 0 Å². The van der Waals surface area contributed by atoms with Crippen LogP contribution in [0.4, 0.5) is 8.78 Å². The molecule has 16 heavy (non-hydrogen) atoms. The molecule has 2 nitrogen and oxygen atoms in total. The molecule has 0 aliphatic heterocycles. The molecule has 1 aromatic rings. The quantitative estimate of drug-likeness (QED) is 0.630. The Hall–Kier alpha value is -0.970. The molecule has 0 N–H and O–H groups in total. The fourth-order valence-electron chi connectivity index (χ4n) is 1.27. The summed E-state index contributed by atoms with van der Waals surface area (Å²) in [6.45, 7) is 0. The lowest BCUT2D eigenvalue weighted by atomic mass is 10.1. The van der Waals surface area contributed by atoms with Gasteiger partial charge in [-0.15, -0.1) is 0 Å². The van der Waals surface area contributed by atoms with E-state index in [1.807, 2.05) is 0 Å². The van der Waals surface area contributed by atoms with E-state index in [4.69, 9.17) is 0 Å². The zero-order valence-electron chi connectivity index (χ0n) is 8.67. The molecule has 0 fully saturated rings. The number of methoxy groups -OCH3 is 1. The fraction of sp³-hybridized carbons (Fsp3) is 0.364. The van der Waals surface area contributed by atoms with Crippen LogP contribution in [-0.2, 0) is 16.0 Å². The van der Waals surface area contributed by atoms with Gasteiger partial charge in [-0.25, -0.2) is 8.78 Å². The summed E-state index contributed by atoms with van der Waals surface area (Å²) in [4.78, 5) is 10.7. The summed E-state index contributed by atoms with van der Waals surface area (Å²) in [6.07, 6.45) is 0.352. The van der Waals surface area contributed by atoms with Crippen molar-refractivity contribution in [3.8, 4) is 0 Å². The Labute approximate surface area is 101 Å². The van der Waals surface area contributed by atoms with Crippen molar-refractivity contribution in [2.75, 3.05) is 7.11 Å². The van der Waals surface area contributed by atoms with Gasteiger partial charge in [0.05, 0.1) is 13.5 Å². The molecular formula is C11H11BrF2O2. The second kappa shape index (κ2) is 5.94. The maximum Gasteiger partial charge on any atom is 0.306 e. The molecule has 0 aromatic heterocycles. The molecule has 1 aromatic carbocycles. The van der Waals surface area contributed by atoms with Gasteiger partial charge in [-0.1, -0.05) is 15.9 Å². The smallest absolute Gasteiger partial charge is 0.306 e. The summed E-state index contributed by atoms with van der Waals surface area (Å²) in [5.74, 6) is -1.36. The standard InChI is InChI=1S/C11H11BrF2O2/c1-16-11(15)6-8(12)4-7-5-9(13)2-3-10(7)14/h2-3,5,8H,4,6H2,1H3. The molecule has 0 aliphatic rings. The summed E-state index contributed by atoms with van der Waals surface area (Å²) < 4.78 is 30.6. The van der Waals surface area contributed by atoms with E-state index in [0.717, 1.165) is 18.2 Å². The molecule has 1 unspecified atom stereocenters. The van der Waals surface area contributed by atoms with E-state index in [2.05, 4.69) is 20.7 Å². The van der Waals surface area contributed by atoms with Crippen LogP contribution in [0.2, 0.25) is 0 Å². The van der Waals surface area contributed by atoms with Crippen LogP contribution in [0.5, 0.6) is 0 Å². The number of rotatable bonds is 4. The van der Waals surface area contributed by atoms with E-state index in [9.17, 15) is 13.6 Å². The predicted octanol–water partition coefficient (Wildman–Crippen LogP) is 2.83. The largest absolute Gasteiger partial charge is 0.469 e. The van der Waals surface area contributed by atoms with Crippen LogP contribution in [0.3, 0.4) is 0 Å². The number of halogens is 3. The summed E-state index contributed by atoms with van der Waals surface area (Å²) >= 11 is 3.22. The minimum Gasteiger partial charge on any atom is -0.469 e. The predicted molar refractivity (Wildman–Crippen MR) is 59.4 cm³/mol. The molecule has 0 spiro atoms. The van der Waals surface area contributed by atoms with Crippen molar-refractivity contribution >= 4 is 21.9 Å². The van der Waals surface area contributed by atoms with Gasteiger partial charge in [0.15, 0.2) is 0 Å². The van der Waals surface area contributed by atoms with Gasteiger partial charge in [0.1, 0.15) is 11.6 Å². The van der Waals surface area contributed by atoms with E-state index in [-0.39, 0.29) is 23.2 Å². The van der Waals surface area contributed by atoms with E-state index in [0.29, 0.717) is 0 Å². The SMILES string of the molecule is COC(=O)CC(Br)Cc1cc(F)ccc1F. The lowest BCUT2D eigenvalue weighted by molar-refractivity contribution is -0.140. The molecule has 0 amide bonds. The number of carbonyl (C=O) groups is 1. The molecule has 0 bridgehead atoms. The van der Waals surface area contributed by atoms with Gasteiger partial charge in [-0.3, -0.25) is 4.79 Å². The van der Waals surface area contributed by atoms with Crippen LogP contribution in [0.15, 0.2) is 18.2 Å². The zero-order valence-corrected chi connectivity index (χ0v) is 10.3. The minimum atomic E-state index is -0.492. The van der Waals surface area contributed by atoms with E-state index < -0.39 is 17.6 Å². The van der Waals surface area contributed by atoms with Crippen LogP contribution in [0.1, 0.15) is 12.0 Å². The average molecular weight is 293 g/mol. The van der Waals surface area contributed by atoms with Gasteiger partial charge in [-0.2, -0.15) is 0 Å². The average Bonchev–Trinajstić information content (AvgIpc) is 2.23. The molecule has 0 radical (unpaired) electrons. The van der Waals surface area contributed by atoms with Crippen molar-refractivity contribution in [3.63, 3.8) is 0 Å². The van der Waals surface area contributed by atoms with Gasteiger partial charge in [0, 0.05) is 4.83 Å². The monoisotopic (exact) mass is 292 g/mol. The van der Waals surface area contributed by atoms with Gasteiger partial charge in [0.25, 0.3) is 0 Å². The first-order chi connectivity index (χ1) is 7.52. The molecule has 0 saturated heterocycles. The number of ether oxygens (including phenoxy) is 1. The molecule has 0 heterocycles. The third kappa shape index (κ3) is 3.89. The van der Waals surface area contributed by atoms with Gasteiger partial charge in [-0.05, 0) is 30.2 Å². The lowest BCUT2D eigenvalue weighted by Gasteiger charge is -2.09. The first-order valence-corrected chi connectivity index (χ1v) is 5.59. The molecule has 88 valence electrons. The van der Waals surface area contributed by atoms with Gasteiger partial charge < -0.3 is 4.74 Å². The Bertz CT molecular complexity index is 382. The highest BCUT2D eigenvalue weighted by Crippen LogP contribution is 2.17. The Morgan fingerprint density at radius 2 is 2.19 bits per heavy atom. The summed E-state index contributed by atoms with van der Waals surface area (Å²) in [5, 5.41) is 0. The van der Waals surface area contributed by atoms with Gasteiger partial charge >= 0.3 is 5.97 Å². The van der Waals surface area contributed by atoms with E-state index in [1.54, 1.807) is 0 Å². The second-order valence-corrected chi connectivity index (χ2v) is 4.61. The van der Waals surface area contributed by atoms with E-state index in [1.165, 1.54) is 7.11 Å². The molecule has 1 atom stereocenters. The topological polar surface area (TPSA) is 26.3 Å². The molecule has 0 aliphatic carbocycles. The van der Waals surface area contributed by atoms with Crippen molar-refractivity contribution < 1.29 is 18.3 Å². The van der Waals surface area contributed by atoms with Crippen LogP contribution in [0, 0.1) is 11.6 Å². The molecule has 1 rings (SSSR count). The van der Waals surface area contributed by atoms with Crippen molar-refractivity contribution in [1.29, 1.82) is 0 Å². The van der Waals surface area contributed by atoms with Crippen molar-refractivity contribution in [1.82, 2.24) is 0 Å². The minimum absolute atomic E-state index is 0.118. The third-order valence-corrected chi connectivity index (χ3v) is 2.71.